The summed E-state index contributed by atoms with van der Waals surface area (Å²) in [6.45, 7) is 3.90. The van der Waals surface area contributed by atoms with Gasteiger partial charge in [0.25, 0.3) is 0 Å². The van der Waals surface area contributed by atoms with Crippen LogP contribution in [0.4, 0.5) is 0 Å². The second kappa shape index (κ2) is 4.44. The van der Waals surface area contributed by atoms with Crippen LogP contribution in [0.15, 0.2) is 18.2 Å². The van der Waals surface area contributed by atoms with E-state index in [0.29, 0.717) is 5.75 Å². The van der Waals surface area contributed by atoms with Crippen LogP contribution in [0, 0.1) is 13.8 Å². The first-order valence-electron chi connectivity index (χ1n) is 6.75. The zero-order valence-electron chi connectivity index (χ0n) is 11.9. The first kappa shape index (κ1) is 12.9. The molecular weight excluding hydrogens is 252 g/mol. The van der Waals surface area contributed by atoms with E-state index in [1.807, 2.05) is 26.0 Å². The molecule has 3 rings (SSSR count). The van der Waals surface area contributed by atoms with Gasteiger partial charge < -0.3 is 14.9 Å². The Morgan fingerprint density at radius 2 is 1.75 bits per heavy atom. The summed E-state index contributed by atoms with van der Waals surface area (Å²) < 4.78 is 5.32. The summed E-state index contributed by atoms with van der Waals surface area (Å²) in [7, 11) is 1.62. The Bertz CT molecular complexity index is 702. The molecule has 3 nitrogen and oxygen atoms in total. The van der Waals surface area contributed by atoms with E-state index in [1.165, 1.54) is 0 Å². The Kier molecular flexibility index (Phi) is 2.85. The fraction of sp³-hybridized carbons (Fsp3) is 0.294. The van der Waals surface area contributed by atoms with Crippen molar-refractivity contribution in [2.75, 3.05) is 7.11 Å². The van der Waals surface area contributed by atoms with Crippen molar-refractivity contribution in [1.29, 1.82) is 0 Å². The monoisotopic (exact) mass is 270 g/mol. The lowest BCUT2D eigenvalue weighted by atomic mass is 9.82. The highest BCUT2D eigenvalue weighted by Crippen LogP contribution is 2.45. The van der Waals surface area contributed by atoms with E-state index >= 15 is 0 Å². The third kappa shape index (κ3) is 1.73. The Morgan fingerprint density at radius 1 is 1.00 bits per heavy atom. The molecule has 2 aromatic rings. The third-order valence-corrected chi connectivity index (χ3v) is 4.20. The van der Waals surface area contributed by atoms with Crippen molar-refractivity contribution in [3.8, 4) is 28.4 Å². The van der Waals surface area contributed by atoms with Gasteiger partial charge in [-0.15, -0.1) is 0 Å². The van der Waals surface area contributed by atoms with Gasteiger partial charge >= 0.3 is 0 Å². The van der Waals surface area contributed by atoms with Crippen molar-refractivity contribution in [2.24, 2.45) is 0 Å². The summed E-state index contributed by atoms with van der Waals surface area (Å²) >= 11 is 0. The lowest BCUT2D eigenvalue weighted by Gasteiger charge is -2.24. The Morgan fingerprint density at radius 3 is 2.45 bits per heavy atom. The van der Waals surface area contributed by atoms with Crippen LogP contribution in [0.2, 0.25) is 0 Å². The molecule has 0 heterocycles. The number of aryl methyl sites for hydroxylation is 2. The number of aromatic hydroxyl groups is 2. The van der Waals surface area contributed by atoms with Crippen LogP contribution in [0.25, 0.3) is 11.1 Å². The molecule has 20 heavy (non-hydrogen) atoms. The minimum Gasteiger partial charge on any atom is -0.508 e. The van der Waals surface area contributed by atoms with Crippen molar-refractivity contribution in [2.45, 2.75) is 26.7 Å². The maximum atomic E-state index is 10.4. The first-order chi connectivity index (χ1) is 9.52. The molecule has 0 fully saturated rings. The molecule has 0 bridgehead atoms. The van der Waals surface area contributed by atoms with Gasteiger partial charge in [-0.1, -0.05) is 0 Å². The second-order valence-electron chi connectivity index (χ2n) is 5.37. The van der Waals surface area contributed by atoms with Crippen LogP contribution in [0.5, 0.6) is 17.2 Å². The van der Waals surface area contributed by atoms with Gasteiger partial charge in [0, 0.05) is 11.6 Å². The van der Waals surface area contributed by atoms with Gasteiger partial charge in [0.05, 0.1) is 7.11 Å². The number of hydrogen-bond acceptors (Lipinski definition) is 3. The van der Waals surface area contributed by atoms with Crippen molar-refractivity contribution in [3.63, 3.8) is 0 Å². The highest BCUT2D eigenvalue weighted by Gasteiger charge is 2.24. The number of fused-ring (bicyclic) bond motifs is 3. The van der Waals surface area contributed by atoms with Gasteiger partial charge in [0.2, 0.25) is 0 Å². The highest BCUT2D eigenvalue weighted by atomic mass is 16.5. The second-order valence-corrected chi connectivity index (χ2v) is 5.37. The van der Waals surface area contributed by atoms with Crippen molar-refractivity contribution in [1.82, 2.24) is 0 Å². The molecule has 0 amide bonds. The topological polar surface area (TPSA) is 49.7 Å². The summed E-state index contributed by atoms with van der Waals surface area (Å²) in [5.41, 5.74) is 6.03. The molecule has 0 atom stereocenters. The van der Waals surface area contributed by atoms with Crippen LogP contribution in [0.3, 0.4) is 0 Å². The molecule has 1 aliphatic rings. The normalized spacial score (nSPS) is 12.8. The van der Waals surface area contributed by atoms with Crippen LogP contribution in [-0.4, -0.2) is 17.3 Å². The highest BCUT2D eigenvalue weighted by molar-refractivity contribution is 5.81. The molecule has 1 aliphatic carbocycles. The molecule has 3 heteroatoms. The van der Waals surface area contributed by atoms with Crippen molar-refractivity contribution >= 4 is 0 Å². The number of phenolic OH excluding ortho intramolecular Hbond substituents is 2. The Labute approximate surface area is 118 Å². The summed E-state index contributed by atoms with van der Waals surface area (Å²) in [6.07, 6.45) is 1.71. The third-order valence-electron chi connectivity index (χ3n) is 4.20. The van der Waals surface area contributed by atoms with E-state index in [9.17, 15) is 10.2 Å². The summed E-state index contributed by atoms with van der Waals surface area (Å²) in [6, 6.07) is 5.44. The molecule has 0 radical (unpaired) electrons. The van der Waals surface area contributed by atoms with Crippen LogP contribution in [0.1, 0.15) is 22.3 Å². The molecule has 0 aliphatic heterocycles. The average molecular weight is 270 g/mol. The minimum atomic E-state index is 0.244. The van der Waals surface area contributed by atoms with Crippen molar-refractivity contribution in [3.05, 3.63) is 40.5 Å². The van der Waals surface area contributed by atoms with Crippen molar-refractivity contribution < 1.29 is 14.9 Å². The quantitative estimate of drug-likeness (QED) is 0.834. The largest absolute Gasteiger partial charge is 0.508 e. The molecule has 2 aromatic carbocycles. The number of phenols is 2. The molecule has 2 N–H and O–H groups in total. The Hall–Kier alpha value is -2.16. The maximum Gasteiger partial charge on any atom is 0.127 e. The molecule has 0 aromatic heterocycles. The lowest BCUT2D eigenvalue weighted by molar-refractivity contribution is 0.404. The number of methoxy groups -OCH3 is 1. The van der Waals surface area contributed by atoms with E-state index in [-0.39, 0.29) is 5.75 Å². The van der Waals surface area contributed by atoms with Crippen LogP contribution >= 0.6 is 0 Å². The van der Waals surface area contributed by atoms with Crippen LogP contribution < -0.4 is 4.74 Å². The molecule has 0 saturated heterocycles. The molecule has 0 spiro atoms. The standard InChI is InChI=1S/C17H18O3/c1-9-6-13-11(7-14(9)18)4-5-12-10(2)16(20-3)8-15(19)17(12)13/h6-8,18-19H,4-5H2,1-3H3. The molecule has 0 unspecified atom stereocenters. The fourth-order valence-electron chi connectivity index (χ4n) is 3.06. The lowest BCUT2D eigenvalue weighted by Crippen LogP contribution is -2.07. The van der Waals surface area contributed by atoms with Gasteiger partial charge in [-0.3, -0.25) is 0 Å². The van der Waals surface area contributed by atoms with E-state index in [1.54, 1.807) is 13.2 Å². The zero-order valence-corrected chi connectivity index (χ0v) is 11.9. The minimum absolute atomic E-state index is 0.244. The van der Waals surface area contributed by atoms with Gasteiger partial charge in [0.15, 0.2) is 0 Å². The van der Waals surface area contributed by atoms with E-state index in [0.717, 1.165) is 52.0 Å². The Balaban J connectivity index is 2.32. The van der Waals surface area contributed by atoms with E-state index in [4.69, 9.17) is 4.74 Å². The van der Waals surface area contributed by atoms with E-state index < -0.39 is 0 Å². The summed E-state index contributed by atoms with van der Waals surface area (Å²) in [5, 5.41) is 20.2. The first-order valence-corrected chi connectivity index (χ1v) is 6.75. The molecule has 104 valence electrons. The SMILES string of the molecule is COc1cc(O)c2c(c1C)CCc1cc(O)c(C)cc1-2. The van der Waals surface area contributed by atoms with Gasteiger partial charge in [-0.25, -0.2) is 0 Å². The summed E-state index contributed by atoms with van der Waals surface area (Å²) in [5.74, 6) is 1.28. The van der Waals surface area contributed by atoms with Gasteiger partial charge in [-0.2, -0.15) is 0 Å². The summed E-state index contributed by atoms with van der Waals surface area (Å²) in [4.78, 5) is 0. The number of benzene rings is 2. The smallest absolute Gasteiger partial charge is 0.127 e. The predicted molar refractivity (Wildman–Crippen MR) is 78.6 cm³/mol. The van der Waals surface area contributed by atoms with Crippen LogP contribution in [-0.2, 0) is 12.8 Å². The van der Waals surface area contributed by atoms with Gasteiger partial charge in [0.1, 0.15) is 17.2 Å². The zero-order chi connectivity index (χ0) is 14.4. The number of rotatable bonds is 1. The average Bonchev–Trinajstić information content (AvgIpc) is 2.43. The maximum absolute atomic E-state index is 10.4. The van der Waals surface area contributed by atoms with E-state index in [2.05, 4.69) is 0 Å². The molecular formula is C17H18O3. The number of hydrogen-bond donors (Lipinski definition) is 2. The predicted octanol–water partition coefficient (Wildman–Crippen LogP) is 3.49. The fourth-order valence-corrected chi connectivity index (χ4v) is 3.06. The number of ether oxygens (including phenoxy) is 1. The molecule has 0 saturated carbocycles. The van der Waals surface area contributed by atoms with Gasteiger partial charge in [-0.05, 0) is 66.6 Å².